The van der Waals surface area contributed by atoms with Crippen molar-refractivity contribution in [2.75, 3.05) is 0 Å². The maximum atomic E-state index is 5.18. The van der Waals surface area contributed by atoms with Crippen molar-refractivity contribution in [3.8, 4) is 0 Å². The normalized spacial score (nSPS) is 38.1. The molecule has 2 heteroatoms. The summed E-state index contributed by atoms with van der Waals surface area (Å²) in [6.07, 6.45) is 9.34. The molecule has 0 amide bonds. The van der Waals surface area contributed by atoms with Crippen LogP contribution in [-0.2, 0) is 0 Å². The Bertz CT molecular complexity index is 485. The number of nitrogens with one attached hydrogen (secondary N) is 1. The molecule has 2 nitrogen and oxygen atoms in total. The first-order valence-corrected chi connectivity index (χ1v) is 8.29. The van der Waals surface area contributed by atoms with Gasteiger partial charge in [0.05, 0.1) is 11.9 Å². The molecule has 1 N–H and O–H groups in total. The molecular weight excluding hydrogens is 244 g/mol. The summed E-state index contributed by atoms with van der Waals surface area (Å²) in [6.45, 7) is 0. The van der Waals surface area contributed by atoms with E-state index in [-0.39, 0.29) is 0 Å². The molecule has 2 bridgehead atoms. The minimum atomic E-state index is 0.513. The third-order valence-electron chi connectivity index (χ3n) is 5.48. The smallest absolute Gasteiger partial charge is 0.1000 e. The summed E-state index contributed by atoms with van der Waals surface area (Å²) in [6, 6.07) is 12.2. The topological polar surface area (TPSA) is 24.4 Å². The average Bonchev–Trinajstić information content (AvgIpc) is 2.97. The molecule has 20 heavy (non-hydrogen) atoms. The summed E-state index contributed by atoms with van der Waals surface area (Å²) in [7, 11) is 0. The number of hydrogen-bond acceptors (Lipinski definition) is 1. The van der Waals surface area contributed by atoms with E-state index in [2.05, 4.69) is 35.6 Å². The van der Waals surface area contributed by atoms with Crippen molar-refractivity contribution < 1.29 is 0 Å². The van der Waals surface area contributed by atoms with Crippen LogP contribution in [0, 0.1) is 5.92 Å². The number of fused-ring (bicyclic) bond motifs is 3. The summed E-state index contributed by atoms with van der Waals surface area (Å²) >= 11 is 0. The van der Waals surface area contributed by atoms with Gasteiger partial charge in [-0.25, -0.2) is 0 Å². The summed E-state index contributed by atoms with van der Waals surface area (Å²) in [5, 5.41) is 3.70. The molecule has 2 heterocycles. The van der Waals surface area contributed by atoms with Gasteiger partial charge in [0.1, 0.15) is 0 Å². The Morgan fingerprint density at radius 3 is 2.40 bits per heavy atom. The minimum absolute atomic E-state index is 0.513. The molecule has 4 aliphatic rings. The maximum Gasteiger partial charge on any atom is 0.1000 e. The van der Waals surface area contributed by atoms with Gasteiger partial charge in [-0.3, -0.25) is 4.99 Å². The van der Waals surface area contributed by atoms with E-state index in [9.17, 15) is 0 Å². The zero-order valence-corrected chi connectivity index (χ0v) is 12.1. The average molecular weight is 268 g/mol. The first-order valence-electron chi connectivity index (χ1n) is 8.29. The molecule has 106 valence electrons. The van der Waals surface area contributed by atoms with E-state index in [0.717, 1.165) is 12.0 Å². The lowest BCUT2D eigenvalue weighted by Gasteiger charge is -2.39. The number of aliphatic imine (C=N–C) groups is 1. The highest BCUT2D eigenvalue weighted by Gasteiger charge is 2.34. The summed E-state index contributed by atoms with van der Waals surface area (Å²) in [4.78, 5) is 5.18. The second-order valence-corrected chi connectivity index (χ2v) is 6.72. The van der Waals surface area contributed by atoms with Gasteiger partial charge in [0.2, 0.25) is 0 Å². The second kappa shape index (κ2) is 5.23. The fourth-order valence-corrected chi connectivity index (χ4v) is 4.34. The van der Waals surface area contributed by atoms with Gasteiger partial charge in [0.15, 0.2) is 0 Å². The zero-order chi connectivity index (χ0) is 13.4. The van der Waals surface area contributed by atoms with Gasteiger partial charge >= 0.3 is 0 Å². The van der Waals surface area contributed by atoms with Crippen LogP contribution >= 0.6 is 0 Å². The third-order valence-corrected chi connectivity index (χ3v) is 5.48. The SMILES string of the molecule is c1ccc([C@H]2CCC[C@H]2N=C2NC3CCC2CC3)cc1. The Morgan fingerprint density at radius 1 is 0.900 bits per heavy atom. The van der Waals surface area contributed by atoms with Crippen molar-refractivity contribution in [1.82, 2.24) is 5.32 Å². The van der Waals surface area contributed by atoms with E-state index in [4.69, 9.17) is 4.99 Å². The van der Waals surface area contributed by atoms with Gasteiger partial charge in [0.25, 0.3) is 0 Å². The molecule has 2 saturated carbocycles. The van der Waals surface area contributed by atoms with Crippen LogP contribution in [0.15, 0.2) is 35.3 Å². The largest absolute Gasteiger partial charge is 0.371 e. The molecule has 0 aromatic heterocycles. The highest BCUT2D eigenvalue weighted by molar-refractivity contribution is 5.86. The van der Waals surface area contributed by atoms with E-state index in [0.29, 0.717) is 12.0 Å². The van der Waals surface area contributed by atoms with Gasteiger partial charge in [-0.1, -0.05) is 36.8 Å². The van der Waals surface area contributed by atoms with Crippen LogP contribution in [0.25, 0.3) is 0 Å². The molecule has 4 fully saturated rings. The van der Waals surface area contributed by atoms with Crippen molar-refractivity contribution in [1.29, 1.82) is 0 Å². The lowest BCUT2D eigenvalue weighted by Crippen LogP contribution is -2.49. The second-order valence-electron chi connectivity index (χ2n) is 6.72. The van der Waals surface area contributed by atoms with Crippen molar-refractivity contribution >= 4 is 5.84 Å². The fraction of sp³-hybridized carbons (Fsp3) is 0.611. The molecule has 0 radical (unpaired) electrons. The lowest BCUT2D eigenvalue weighted by atomic mass is 9.80. The molecule has 2 atom stereocenters. The molecule has 0 unspecified atom stereocenters. The van der Waals surface area contributed by atoms with Crippen LogP contribution in [0.3, 0.4) is 0 Å². The van der Waals surface area contributed by atoms with Crippen LogP contribution in [0.5, 0.6) is 0 Å². The Morgan fingerprint density at radius 2 is 1.70 bits per heavy atom. The van der Waals surface area contributed by atoms with E-state index in [1.54, 1.807) is 0 Å². The van der Waals surface area contributed by atoms with E-state index < -0.39 is 0 Å². The third kappa shape index (κ3) is 2.25. The van der Waals surface area contributed by atoms with Crippen LogP contribution in [0.2, 0.25) is 0 Å². The lowest BCUT2D eigenvalue weighted by molar-refractivity contribution is 0.316. The fourth-order valence-electron chi connectivity index (χ4n) is 4.34. The van der Waals surface area contributed by atoms with Gasteiger partial charge < -0.3 is 5.32 Å². The summed E-state index contributed by atoms with van der Waals surface area (Å²) < 4.78 is 0. The number of rotatable bonds is 2. The molecule has 0 spiro atoms. The predicted octanol–water partition coefficient (Wildman–Crippen LogP) is 3.88. The molecule has 2 aliphatic carbocycles. The first-order chi connectivity index (χ1) is 9.90. The Kier molecular flexibility index (Phi) is 3.25. The monoisotopic (exact) mass is 268 g/mol. The van der Waals surface area contributed by atoms with Crippen molar-refractivity contribution in [2.24, 2.45) is 10.9 Å². The van der Waals surface area contributed by atoms with Crippen LogP contribution in [-0.4, -0.2) is 17.9 Å². The van der Waals surface area contributed by atoms with Gasteiger partial charge in [0, 0.05) is 17.9 Å². The van der Waals surface area contributed by atoms with Gasteiger partial charge in [-0.15, -0.1) is 0 Å². The standard InChI is InChI=1S/C18H24N2/c1-2-5-13(6-3-1)16-7-4-8-17(16)20-18-14-9-11-15(19-18)12-10-14/h1-3,5-6,14-17H,4,7-12H2,(H,19,20)/t14?,15?,16-,17-/m1/s1. The Balaban J connectivity index is 1.56. The zero-order valence-electron chi connectivity index (χ0n) is 12.1. The molecular formula is C18H24N2. The first kappa shape index (κ1) is 12.4. The molecule has 1 aromatic carbocycles. The van der Waals surface area contributed by atoms with E-state index >= 15 is 0 Å². The van der Waals surface area contributed by atoms with Crippen LogP contribution < -0.4 is 5.32 Å². The number of benzene rings is 1. The number of nitrogens with zero attached hydrogens (tertiary/aromatic N) is 1. The highest BCUT2D eigenvalue weighted by Crippen LogP contribution is 2.38. The molecule has 2 saturated heterocycles. The van der Waals surface area contributed by atoms with Gasteiger partial charge in [-0.2, -0.15) is 0 Å². The number of hydrogen-bond donors (Lipinski definition) is 1. The number of piperidine rings is 2. The molecule has 5 rings (SSSR count). The van der Waals surface area contributed by atoms with Crippen LogP contribution in [0.4, 0.5) is 0 Å². The Hall–Kier alpha value is -1.31. The van der Waals surface area contributed by atoms with Crippen molar-refractivity contribution in [2.45, 2.75) is 62.9 Å². The van der Waals surface area contributed by atoms with E-state index in [1.165, 1.54) is 56.3 Å². The number of amidine groups is 1. The molecule has 1 aromatic rings. The van der Waals surface area contributed by atoms with Crippen molar-refractivity contribution in [3.05, 3.63) is 35.9 Å². The minimum Gasteiger partial charge on any atom is -0.371 e. The Labute approximate surface area is 121 Å². The highest BCUT2D eigenvalue weighted by atomic mass is 15.1. The molecule has 2 aliphatic heterocycles. The predicted molar refractivity (Wildman–Crippen MR) is 83.1 cm³/mol. The van der Waals surface area contributed by atoms with E-state index in [1.807, 2.05) is 0 Å². The van der Waals surface area contributed by atoms with Crippen molar-refractivity contribution in [3.63, 3.8) is 0 Å². The summed E-state index contributed by atoms with van der Waals surface area (Å²) in [5.74, 6) is 2.73. The summed E-state index contributed by atoms with van der Waals surface area (Å²) in [5.41, 5.74) is 1.49. The van der Waals surface area contributed by atoms with Crippen LogP contribution in [0.1, 0.15) is 56.4 Å². The maximum absolute atomic E-state index is 5.18. The quantitative estimate of drug-likeness (QED) is 0.864. The van der Waals surface area contributed by atoms with Gasteiger partial charge in [-0.05, 0) is 44.1 Å².